The molecular weight excluding hydrogens is 356 g/mol. The standard InChI is InChI=1S/C17H16N4O4S/c1-13(14-2-4-15(5-3-14)20-11-10-18-12-20)19-26(24,25)17-8-6-16(7-9-17)21(22)23/h2-13,19H,1H3. The number of nitrogens with one attached hydrogen (secondary N) is 1. The van der Waals surface area contributed by atoms with Crippen molar-refractivity contribution in [2.75, 3.05) is 0 Å². The van der Waals surface area contributed by atoms with Crippen molar-refractivity contribution in [1.29, 1.82) is 0 Å². The Morgan fingerprint density at radius 1 is 1.12 bits per heavy atom. The van der Waals surface area contributed by atoms with E-state index in [9.17, 15) is 18.5 Å². The Bertz CT molecular complexity index is 998. The maximum absolute atomic E-state index is 12.5. The molecule has 3 rings (SSSR count). The number of rotatable bonds is 6. The van der Waals surface area contributed by atoms with Gasteiger partial charge in [0.05, 0.1) is 16.1 Å². The van der Waals surface area contributed by atoms with E-state index in [1.807, 2.05) is 35.0 Å². The van der Waals surface area contributed by atoms with E-state index in [4.69, 9.17) is 0 Å². The summed E-state index contributed by atoms with van der Waals surface area (Å²) in [4.78, 5) is 14.1. The number of hydrogen-bond acceptors (Lipinski definition) is 5. The molecule has 1 heterocycles. The molecule has 0 saturated heterocycles. The lowest BCUT2D eigenvalue weighted by atomic mass is 10.1. The highest BCUT2D eigenvalue weighted by Gasteiger charge is 2.19. The highest BCUT2D eigenvalue weighted by atomic mass is 32.2. The Hall–Kier alpha value is -3.04. The van der Waals surface area contributed by atoms with E-state index < -0.39 is 21.0 Å². The van der Waals surface area contributed by atoms with E-state index in [0.717, 1.165) is 11.3 Å². The zero-order valence-corrected chi connectivity index (χ0v) is 14.6. The molecule has 26 heavy (non-hydrogen) atoms. The number of nitro benzene ring substituents is 1. The molecule has 0 aliphatic rings. The summed E-state index contributed by atoms with van der Waals surface area (Å²) in [5.74, 6) is 0. The Kier molecular flexibility index (Phi) is 4.83. The fourth-order valence-corrected chi connectivity index (χ4v) is 3.69. The SMILES string of the molecule is CC(NS(=O)(=O)c1ccc([N+](=O)[O-])cc1)c1ccc(-n2ccnc2)cc1. The monoisotopic (exact) mass is 372 g/mol. The molecule has 9 heteroatoms. The minimum Gasteiger partial charge on any atom is -0.306 e. The first kappa shape index (κ1) is 17.8. The largest absolute Gasteiger partial charge is 0.306 e. The van der Waals surface area contributed by atoms with Gasteiger partial charge in [-0.15, -0.1) is 0 Å². The van der Waals surface area contributed by atoms with Crippen molar-refractivity contribution in [3.63, 3.8) is 0 Å². The van der Waals surface area contributed by atoms with Gasteiger partial charge in [-0.05, 0) is 36.8 Å². The summed E-state index contributed by atoms with van der Waals surface area (Å²) >= 11 is 0. The molecule has 0 spiro atoms. The molecule has 0 bridgehead atoms. The molecule has 134 valence electrons. The number of non-ortho nitro benzene ring substituents is 1. The first-order valence-corrected chi connectivity index (χ1v) is 9.20. The third-order valence-corrected chi connectivity index (χ3v) is 5.44. The van der Waals surface area contributed by atoms with Crippen molar-refractivity contribution in [2.24, 2.45) is 0 Å². The summed E-state index contributed by atoms with van der Waals surface area (Å²) < 4.78 is 29.3. The van der Waals surface area contributed by atoms with Crippen LogP contribution in [0.1, 0.15) is 18.5 Å². The number of nitrogens with zero attached hydrogens (tertiary/aromatic N) is 3. The van der Waals surface area contributed by atoms with Crippen molar-refractivity contribution in [3.05, 3.63) is 82.9 Å². The molecule has 0 aliphatic carbocycles. The lowest BCUT2D eigenvalue weighted by molar-refractivity contribution is -0.384. The van der Waals surface area contributed by atoms with Crippen molar-refractivity contribution >= 4 is 15.7 Å². The zero-order valence-electron chi connectivity index (χ0n) is 13.8. The number of aromatic nitrogens is 2. The lowest BCUT2D eigenvalue weighted by Gasteiger charge is -2.15. The van der Waals surface area contributed by atoms with Gasteiger partial charge in [0.2, 0.25) is 10.0 Å². The smallest absolute Gasteiger partial charge is 0.269 e. The van der Waals surface area contributed by atoms with Crippen LogP contribution in [0.4, 0.5) is 5.69 Å². The van der Waals surface area contributed by atoms with E-state index in [0.29, 0.717) is 0 Å². The van der Waals surface area contributed by atoms with Crippen molar-refractivity contribution in [3.8, 4) is 5.69 Å². The minimum absolute atomic E-state index is 0.0232. The molecule has 0 fully saturated rings. The van der Waals surface area contributed by atoms with E-state index in [2.05, 4.69) is 9.71 Å². The number of sulfonamides is 1. The summed E-state index contributed by atoms with van der Waals surface area (Å²) in [5.41, 5.74) is 1.54. The van der Waals surface area contributed by atoms with Gasteiger partial charge >= 0.3 is 0 Å². The molecule has 3 aromatic rings. The molecule has 1 unspecified atom stereocenters. The summed E-state index contributed by atoms with van der Waals surface area (Å²) in [6.07, 6.45) is 5.17. The molecule has 1 N–H and O–H groups in total. The van der Waals surface area contributed by atoms with Crippen molar-refractivity contribution in [1.82, 2.24) is 14.3 Å². The van der Waals surface area contributed by atoms with Gasteiger partial charge in [0, 0.05) is 36.3 Å². The second-order valence-electron chi connectivity index (χ2n) is 5.66. The van der Waals surface area contributed by atoms with E-state index in [1.54, 1.807) is 19.4 Å². The quantitative estimate of drug-likeness (QED) is 0.529. The molecule has 0 radical (unpaired) electrons. The molecule has 1 atom stereocenters. The van der Waals surface area contributed by atoms with E-state index in [1.165, 1.54) is 24.3 Å². The fraction of sp³-hybridized carbons (Fsp3) is 0.118. The van der Waals surface area contributed by atoms with Crippen molar-refractivity contribution in [2.45, 2.75) is 17.9 Å². The van der Waals surface area contributed by atoms with Crippen LogP contribution >= 0.6 is 0 Å². The highest BCUT2D eigenvalue weighted by molar-refractivity contribution is 7.89. The first-order chi connectivity index (χ1) is 12.4. The van der Waals surface area contributed by atoms with Gasteiger partial charge in [-0.25, -0.2) is 18.1 Å². The van der Waals surface area contributed by atoms with Crippen LogP contribution in [0, 0.1) is 10.1 Å². The predicted molar refractivity (Wildman–Crippen MR) is 95.4 cm³/mol. The topological polar surface area (TPSA) is 107 Å². The molecular formula is C17H16N4O4S. The zero-order chi connectivity index (χ0) is 18.7. The third-order valence-electron chi connectivity index (χ3n) is 3.89. The number of hydrogen-bond donors (Lipinski definition) is 1. The predicted octanol–water partition coefficient (Wildman–Crippen LogP) is 2.82. The molecule has 0 aliphatic heterocycles. The van der Waals surface area contributed by atoms with Crippen LogP contribution in [0.25, 0.3) is 5.69 Å². The second kappa shape index (κ2) is 7.06. The lowest BCUT2D eigenvalue weighted by Crippen LogP contribution is -2.26. The maximum atomic E-state index is 12.5. The van der Waals surface area contributed by atoms with Gasteiger partial charge < -0.3 is 4.57 Å². The van der Waals surface area contributed by atoms with Crippen LogP contribution in [-0.4, -0.2) is 22.9 Å². The average molecular weight is 372 g/mol. The van der Waals surface area contributed by atoms with Crippen LogP contribution in [-0.2, 0) is 10.0 Å². The van der Waals surface area contributed by atoms with Crippen LogP contribution in [0.2, 0.25) is 0 Å². The Morgan fingerprint density at radius 2 is 1.77 bits per heavy atom. The molecule has 0 saturated carbocycles. The van der Waals surface area contributed by atoms with Gasteiger partial charge in [0.15, 0.2) is 0 Å². The van der Waals surface area contributed by atoms with Crippen LogP contribution in [0.3, 0.4) is 0 Å². The maximum Gasteiger partial charge on any atom is 0.269 e. The Balaban J connectivity index is 1.75. The highest BCUT2D eigenvalue weighted by Crippen LogP contribution is 2.20. The molecule has 0 amide bonds. The average Bonchev–Trinajstić information content (AvgIpc) is 3.16. The van der Waals surface area contributed by atoms with Gasteiger partial charge in [0.25, 0.3) is 5.69 Å². The first-order valence-electron chi connectivity index (χ1n) is 7.72. The Morgan fingerprint density at radius 3 is 2.31 bits per heavy atom. The van der Waals surface area contributed by atoms with Gasteiger partial charge in [-0.1, -0.05) is 12.1 Å². The van der Waals surface area contributed by atoms with Crippen LogP contribution < -0.4 is 4.72 Å². The second-order valence-corrected chi connectivity index (χ2v) is 7.37. The normalized spacial score (nSPS) is 12.7. The summed E-state index contributed by atoms with van der Waals surface area (Å²) in [7, 11) is -3.79. The Labute approximate surface area is 150 Å². The summed E-state index contributed by atoms with van der Waals surface area (Å²) in [6, 6.07) is 11.7. The van der Waals surface area contributed by atoms with E-state index >= 15 is 0 Å². The van der Waals surface area contributed by atoms with Gasteiger partial charge in [-0.2, -0.15) is 0 Å². The fourth-order valence-electron chi connectivity index (χ4n) is 2.46. The molecule has 8 nitrogen and oxygen atoms in total. The van der Waals surface area contributed by atoms with Gasteiger partial charge in [0.1, 0.15) is 0 Å². The third kappa shape index (κ3) is 3.79. The van der Waals surface area contributed by atoms with Gasteiger partial charge in [-0.3, -0.25) is 10.1 Å². The molecule has 2 aromatic carbocycles. The molecule has 1 aromatic heterocycles. The minimum atomic E-state index is -3.79. The van der Waals surface area contributed by atoms with Crippen LogP contribution in [0.15, 0.2) is 72.1 Å². The van der Waals surface area contributed by atoms with Crippen LogP contribution in [0.5, 0.6) is 0 Å². The van der Waals surface area contributed by atoms with E-state index in [-0.39, 0.29) is 10.6 Å². The number of nitro groups is 1. The van der Waals surface area contributed by atoms with Crippen molar-refractivity contribution < 1.29 is 13.3 Å². The summed E-state index contributed by atoms with van der Waals surface area (Å²) in [6.45, 7) is 1.73. The number of imidazole rings is 1. The summed E-state index contributed by atoms with van der Waals surface area (Å²) in [5, 5.41) is 10.7. The number of benzene rings is 2.